The Morgan fingerprint density at radius 3 is 2.62 bits per heavy atom. The van der Waals surface area contributed by atoms with Gasteiger partial charge in [-0.05, 0) is 18.2 Å². The maximum atomic E-state index is 12.9. The molecule has 148 valence electrons. The van der Waals surface area contributed by atoms with E-state index in [2.05, 4.69) is 20.7 Å². The van der Waals surface area contributed by atoms with Crippen LogP contribution in [-0.4, -0.2) is 26.6 Å². The van der Waals surface area contributed by atoms with E-state index in [0.29, 0.717) is 11.4 Å². The molecule has 0 bridgehead atoms. The molecule has 0 saturated heterocycles. The van der Waals surface area contributed by atoms with Crippen LogP contribution in [0.15, 0.2) is 54.6 Å². The van der Waals surface area contributed by atoms with Gasteiger partial charge in [-0.25, -0.2) is 4.68 Å². The molecule has 2 aromatic carbocycles. The Kier molecular flexibility index (Phi) is 4.53. The normalized spacial score (nSPS) is 16.1. The predicted octanol–water partition coefficient (Wildman–Crippen LogP) is 3.49. The van der Waals surface area contributed by atoms with Gasteiger partial charge < -0.3 is 5.32 Å². The van der Waals surface area contributed by atoms with E-state index < -0.39 is 29.6 Å². The lowest BCUT2D eigenvalue weighted by Crippen LogP contribution is -2.36. The maximum absolute atomic E-state index is 12.9. The Balaban J connectivity index is 1.62. The van der Waals surface area contributed by atoms with Gasteiger partial charge in [-0.2, -0.15) is 18.2 Å². The number of nitrogens with zero attached hydrogens (tertiary/aromatic N) is 3. The molecule has 2 amide bonds. The quantitative estimate of drug-likeness (QED) is 0.703. The first kappa shape index (κ1) is 18.7. The Morgan fingerprint density at radius 2 is 1.90 bits per heavy atom. The molecule has 0 aliphatic carbocycles. The zero-order valence-electron chi connectivity index (χ0n) is 14.8. The molecular weight excluding hydrogens is 387 g/mol. The third kappa shape index (κ3) is 3.82. The van der Waals surface area contributed by atoms with Crippen molar-refractivity contribution in [3.05, 3.63) is 60.2 Å². The largest absolute Gasteiger partial charge is 0.416 e. The number of hydrogen-bond acceptors (Lipinski definition) is 4. The fourth-order valence-corrected chi connectivity index (χ4v) is 2.98. The van der Waals surface area contributed by atoms with E-state index >= 15 is 0 Å². The number of nitrogens with one attached hydrogen (secondary N) is 2. The summed E-state index contributed by atoms with van der Waals surface area (Å²) in [5.74, 6) is -0.678. The number of anilines is 2. The molecule has 1 unspecified atom stereocenters. The summed E-state index contributed by atoms with van der Waals surface area (Å²) in [7, 11) is 0. The highest BCUT2D eigenvalue weighted by Crippen LogP contribution is 2.31. The van der Waals surface area contributed by atoms with E-state index in [4.69, 9.17) is 0 Å². The van der Waals surface area contributed by atoms with Crippen LogP contribution in [0.25, 0.3) is 11.4 Å². The van der Waals surface area contributed by atoms with Crippen LogP contribution >= 0.6 is 0 Å². The third-order valence-electron chi connectivity index (χ3n) is 4.35. The minimum absolute atomic E-state index is 0.0271. The Hall–Kier alpha value is -3.69. The highest BCUT2D eigenvalue weighted by Gasteiger charge is 2.34. The second-order valence-electron chi connectivity index (χ2n) is 6.41. The van der Waals surface area contributed by atoms with Crippen molar-refractivity contribution in [3.63, 3.8) is 0 Å². The average molecular weight is 401 g/mol. The van der Waals surface area contributed by atoms with Gasteiger partial charge in [0.05, 0.1) is 12.0 Å². The number of fused-ring (bicyclic) bond motifs is 1. The van der Waals surface area contributed by atoms with Gasteiger partial charge in [0.15, 0.2) is 5.82 Å². The number of aromatic nitrogens is 3. The molecule has 0 spiro atoms. The van der Waals surface area contributed by atoms with Gasteiger partial charge in [-0.1, -0.05) is 36.4 Å². The molecule has 3 aromatic rings. The molecule has 4 rings (SSSR count). The van der Waals surface area contributed by atoms with Gasteiger partial charge in [0.2, 0.25) is 17.8 Å². The topological polar surface area (TPSA) is 88.9 Å². The summed E-state index contributed by atoms with van der Waals surface area (Å²) >= 11 is 0. The molecule has 10 heteroatoms. The van der Waals surface area contributed by atoms with Gasteiger partial charge >= 0.3 is 6.18 Å². The molecule has 29 heavy (non-hydrogen) atoms. The van der Waals surface area contributed by atoms with Crippen LogP contribution in [0.3, 0.4) is 0 Å². The molecule has 2 heterocycles. The van der Waals surface area contributed by atoms with E-state index in [9.17, 15) is 22.8 Å². The van der Waals surface area contributed by atoms with Crippen molar-refractivity contribution in [1.82, 2.24) is 14.8 Å². The molecule has 0 saturated carbocycles. The Bertz CT molecular complexity index is 1080. The maximum Gasteiger partial charge on any atom is 0.416 e. The third-order valence-corrected chi connectivity index (χ3v) is 4.35. The van der Waals surface area contributed by atoms with E-state index in [1.54, 1.807) is 24.3 Å². The van der Waals surface area contributed by atoms with Crippen LogP contribution in [0.5, 0.6) is 0 Å². The SMILES string of the molecule is O=C1CC(C(=O)Nc2cccc(C(F)(F)F)c2)n2nc(-c3ccccc3)nc2N1. The lowest BCUT2D eigenvalue weighted by molar-refractivity contribution is -0.137. The number of carbonyl (C=O) groups is 2. The lowest BCUT2D eigenvalue weighted by atomic mass is 10.1. The van der Waals surface area contributed by atoms with Crippen LogP contribution in [0.2, 0.25) is 0 Å². The molecular formula is C19H14F3N5O2. The monoisotopic (exact) mass is 401 g/mol. The summed E-state index contributed by atoms with van der Waals surface area (Å²) in [6.45, 7) is 0. The summed E-state index contributed by atoms with van der Waals surface area (Å²) in [5, 5.41) is 9.28. The molecule has 7 nitrogen and oxygen atoms in total. The molecule has 1 aliphatic heterocycles. The molecule has 0 fully saturated rings. The van der Waals surface area contributed by atoms with Crippen LogP contribution in [0.1, 0.15) is 18.0 Å². The number of benzene rings is 2. The fourth-order valence-electron chi connectivity index (χ4n) is 2.98. The highest BCUT2D eigenvalue weighted by molar-refractivity contribution is 6.00. The highest BCUT2D eigenvalue weighted by atomic mass is 19.4. The van der Waals surface area contributed by atoms with Crippen molar-refractivity contribution in [1.29, 1.82) is 0 Å². The van der Waals surface area contributed by atoms with Crippen LogP contribution in [-0.2, 0) is 15.8 Å². The van der Waals surface area contributed by atoms with Crippen molar-refractivity contribution >= 4 is 23.5 Å². The lowest BCUT2D eigenvalue weighted by Gasteiger charge is -2.22. The first-order valence-corrected chi connectivity index (χ1v) is 8.61. The van der Waals surface area contributed by atoms with Gasteiger partial charge in [0.1, 0.15) is 6.04 Å². The summed E-state index contributed by atoms with van der Waals surface area (Å²) < 4.78 is 39.9. The number of alkyl halides is 3. The first-order valence-electron chi connectivity index (χ1n) is 8.61. The average Bonchev–Trinajstić information content (AvgIpc) is 3.11. The number of carbonyl (C=O) groups excluding carboxylic acids is 2. The predicted molar refractivity (Wildman–Crippen MR) is 97.8 cm³/mol. The van der Waals surface area contributed by atoms with E-state index in [1.165, 1.54) is 16.8 Å². The van der Waals surface area contributed by atoms with Gasteiger partial charge in [0.25, 0.3) is 0 Å². The smallest absolute Gasteiger partial charge is 0.324 e. The number of hydrogen-bond donors (Lipinski definition) is 2. The van der Waals surface area contributed by atoms with Crippen LogP contribution < -0.4 is 10.6 Å². The molecule has 1 aromatic heterocycles. The van der Waals surface area contributed by atoms with Crippen molar-refractivity contribution in [3.8, 4) is 11.4 Å². The minimum Gasteiger partial charge on any atom is -0.324 e. The van der Waals surface area contributed by atoms with E-state index in [0.717, 1.165) is 12.1 Å². The van der Waals surface area contributed by atoms with Gasteiger partial charge in [0, 0.05) is 11.3 Å². The van der Waals surface area contributed by atoms with E-state index in [1.807, 2.05) is 6.07 Å². The summed E-state index contributed by atoms with van der Waals surface area (Å²) in [5.41, 5.74) is -0.217. The zero-order chi connectivity index (χ0) is 20.6. The van der Waals surface area contributed by atoms with E-state index in [-0.39, 0.29) is 18.1 Å². The molecule has 2 N–H and O–H groups in total. The summed E-state index contributed by atoms with van der Waals surface area (Å²) in [6, 6.07) is 12.2. The van der Waals surface area contributed by atoms with Crippen molar-refractivity contribution in [2.45, 2.75) is 18.6 Å². The number of halogens is 3. The van der Waals surface area contributed by atoms with Crippen molar-refractivity contribution < 1.29 is 22.8 Å². The second kappa shape index (κ2) is 7.04. The molecule has 0 radical (unpaired) electrons. The second-order valence-corrected chi connectivity index (χ2v) is 6.41. The van der Waals surface area contributed by atoms with Gasteiger partial charge in [-0.15, -0.1) is 5.10 Å². The van der Waals surface area contributed by atoms with Crippen molar-refractivity contribution in [2.24, 2.45) is 0 Å². The van der Waals surface area contributed by atoms with Crippen LogP contribution in [0.4, 0.5) is 24.8 Å². The molecule has 1 aliphatic rings. The fraction of sp³-hybridized carbons (Fsp3) is 0.158. The Morgan fingerprint density at radius 1 is 1.14 bits per heavy atom. The standard InChI is InChI=1S/C19H14F3N5O2/c20-19(21,22)12-7-4-8-13(9-12)23-17(29)14-10-15(28)24-18-25-16(26-27(14)18)11-5-2-1-3-6-11/h1-9,14H,10H2,(H,23,29)(H,24,25,26,28). The number of rotatable bonds is 3. The summed E-state index contributed by atoms with van der Waals surface area (Å²) in [6.07, 6.45) is -4.75. The van der Waals surface area contributed by atoms with Gasteiger partial charge in [-0.3, -0.25) is 14.9 Å². The molecule has 1 atom stereocenters. The zero-order valence-corrected chi connectivity index (χ0v) is 14.8. The Labute approximate surface area is 162 Å². The first-order chi connectivity index (χ1) is 13.8. The van der Waals surface area contributed by atoms with Crippen LogP contribution in [0, 0.1) is 0 Å². The number of amides is 2. The van der Waals surface area contributed by atoms with Crippen molar-refractivity contribution in [2.75, 3.05) is 10.6 Å². The summed E-state index contributed by atoms with van der Waals surface area (Å²) in [4.78, 5) is 29.0. The minimum atomic E-state index is -4.53.